The van der Waals surface area contributed by atoms with Crippen LogP contribution in [0.15, 0.2) is 41.6 Å². The first-order valence-corrected chi connectivity index (χ1v) is 16.7. The average Bonchev–Trinajstić information content (AvgIpc) is 3.35. The van der Waals surface area contributed by atoms with Crippen molar-refractivity contribution < 1.29 is 40.7 Å². The number of likely N-dealkylation sites (tertiary alicyclic amines) is 1. The number of amides is 2. The fourth-order valence-electron chi connectivity index (χ4n) is 5.16. The molecule has 0 aliphatic carbocycles. The monoisotopic (exact) mass is 677 g/mol. The maximum absolute atomic E-state index is 13.6. The molecule has 1 aliphatic rings. The largest absolute Gasteiger partial charge is 0.495 e. The Morgan fingerprint density at radius 1 is 1.15 bits per heavy atom. The van der Waals surface area contributed by atoms with Crippen molar-refractivity contribution in [3.63, 3.8) is 0 Å². The number of piperidine rings is 1. The molecule has 2 heterocycles. The van der Waals surface area contributed by atoms with E-state index >= 15 is 0 Å². The number of fused-ring (bicyclic) bond motifs is 1. The van der Waals surface area contributed by atoms with E-state index in [0.29, 0.717) is 30.8 Å². The Balaban J connectivity index is 1.56. The number of alkyl halides is 3. The molecule has 4 rings (SSSR count). The van der Waals surface area contributed by atoms with E-state index in [0.717, 1.165) is 17.2 Å². The van der Waals surface area contributed by atoms with Crippen molar-refractivity contribution in [2.24, 2.45) is 5.92 Å². The highest BCUT2D eigenvalue weighted by Gasteiger charge is 2.33. The van der Waals surface area contributed by atoms with Gasteiger partial charge in [-0.15, -0.1) is 0 Å². The lowest BCUT2D eigenvalue weighted by Gasteiger charge is -2.37. The molecule has 2 amide bonds. The van der Waals surface area contributed by atoms with Crippen LogP contribution in [0.3, 0.4) is 0 Å². The van der Waals surface area contributed by atoms with E-state index in [-0.39, 0.29) is 45.7 Å². The fraction of sp³-hybridized carbons (Fsp3) is 0.469. The molecule has 0 radical (unpaired) electrons. The number of hydrogen-bond acceptors (Lipinski definition) is 8. The van der Waals surface area contributed by atoms with Crippen LogP contribution < -0.4 is 15.4 Å². The number of anilines is 1. The number of nitrogens with one attached hydrogen (secondary N) is 2. The highest BCUT2D eigenvalue weighted by molar-refractivity contribution is 7.90. The zero-order chi connectivity index (χ0) is 34.7. The number of carbonyl (C=O) groups is 2. The molecule has 2 N–H and O–H groups in total. The normalized spacial score (nSPS) is 17.1. The molecule has 11 nitrogen and oxygen atoms in total. The molecule has 1 fully saturated rings. The highest BCUT2D eigenvalue weighted by Crippen LogP contribution is 2.28. The van der Waals surface area contributed by atoms with Crippen molar-refractivity contribution in [1.29, 1.82) is 0 Å². The van der Waals surface area contributed by atoms with Crippen LogP contribution in [0.5, 0.6) is 5.75 Å². The summed E-state index contributed by atoms with van der Waals surface area (Å²) in [5.74, 6) is 5.42. The van der Waals surface area contributed by atoms with Gasteiger partial charge in [0.1, 0.15) is 23.4 Å². The molecule has 0 spiro atoms. The third-order valence-corrected chi connectivity index (χ3v) is 8.50. The van der Waals surface area contributed by atoms with Crippen LogP contribution in [0.2, 0.25) is 0 Å². The molecule has 1 aliphatic heterocycles. The summed E-state index contributed by atoms with van der Waals surface area (Å²) in [5, 5.41) is 6.01. The maximum Gasteiger partial charge on any atom is 0.410 e. The molecule has 15 heteroatoms. The van der Waals surface area contributed by atoms with Crippen LogP contribution in [0.1, 0.15) is 50.0 Å². The molecule has 0 unspecified atom stereocenters. The summed E-state index contributed by atoms with van der Waals surface area (Å²) in [6, 6.07) is 6.97. The Bertz CT molecular complexity index is 1820. The Hall–Kier alpha value is -4.45. The van der Waals surface area contributed by atoms with E-state index < -0.39 is 40.2 Å². The van der Waals surface area contributed by atoms with E-state index in [1.54, 1.807) is 31.7 Å². The summed E-state index contributed by atoms with van der Waals surface area (Å²) in [7, 11) is -2.05. The van der Waals surface area contributed by atoms with Gasteiger partial charge in [-0.2, -0.15) is 13.2 Å². The van der Waals surface area contributed by atoms with Crippen molar-refractivity contribution >= 4 is 38.6 Å². The van der Waals surface area contributed by atoms with E-state index in [4.69, 9.17) is 9.47 Å². The molecule has 0 bridgehead atoms. The number of nitrogens with zero attached hydrogens (tertiary/aromatic N) is 3. The van der Waals surface area contributed by atoms with Crippen LogP contribution >= 0.6 is 0 Å². The van der Waals surface area contributed by atoms with Gasteiger partial charge in [-0.05, 0) is 57.4 Å². The number of benzene rings is 2. The summed E-state index contributed by atoms with van der Waals surface area (Å²) in [4.78, 5) is 32.0. The minimum atomic E-state index is -4.52. The molecule has 1 saturated heterocycles. The number of methoxy groups -OCH3 is 1. The molecule has 3 aromatic rings. The van der Waals surface area contributed by atoms with E-state index in [2.05, 4.69) is 27.5 Å². The minimum Gasteiger partial charge on any atom is -0.495 e. The second-order valence-electron chi connectivity index (χ2n) is 12.4. The van der Waals surface area contributed by atoms with Crippen LogP contribution in [0.4, 0.5) is 23.7 Å². The van der Waals surface area contributed by atoms with Gasteiger partial charge in [0.2, 0.25) is 0 Å². The second kappa shape index (κ2) is 13.7. The van der Waals surface area contributed by atoms with Crippen LogP contribution in [-0.4, -0.2) is 85.7 Å². The van der Waals surface area contributed by atoms with Gasteiger partial charge in [0, 0.05) is 37.0 Å². The first-order valence-electron chi connectivity index (χ1n) is 14.8. The topological polar surface area (TPSA) is 132 Å². The van der Waals surface area contributed by atoms with Gasteiger partial charge in [-0.3, -0.25) is 4.79 Å². The average molecular weight is 678 g/mol. The lowest BCUT2D eigenvalue weighted by atomic mass is 9.93. The van der Waals surface area contributed by atoms with Crippen molar-refractivity contribution in [3.05, 3.63) is 47.8 Å². The van der Waals surface area contributed by atoms with E-state index in [1.807, 2.05) is 6.92 Å². The van der Waals surface area contributed by atoms with Gasteiger partial charge in [-0.25, -0.2) is 18.2 Å². The molecule has 47 heavy (non-hydrogen) atoms. The van der Waals surface area contributed by atoms with E-state index in [9.17, 15) is 31.2 Å². The maximum atomic E-state index is 13.6. The third-order valence-electron chi connectivity index (χ3n) is 7.39. The summed E-state index contributed by atoms with van der Waals surface area (Å²) in [5.41, 5.74) is 0.401. The lowest BCUT2D eigenvalue weighted by molar-refractivity contribution is -0.140. The first kappa shape index (κ1) is 35.4. The SMILES string of the molecule is COc1cc(S(C)(=O)=O)ccc1NCC#Cc1cc(C(=O)N[C@H]2CCN(C(=O)OC(C)(C)C)C[C@@H]2C)c2ncn(CC(F)(F)F)c2c1. The number of rotatable bonds is 7. The van der Waals surface area contributed by atoms with Crippen LogP contribution in [0.25, 0.3) is 11.0 Å². The number of sulfone groups is 1. The molecule has 0 saturated carbocycles. The molecular formula is C32H38F3N5O6S. The summed E-state index contributed by atoms with van der Waals surface area (Å²) < 4.78 is 75.5. The number of hydrogen-bond donors (Lipinski definition) is 2. The Kier molecular flexibility index (Phi) is 10.3. The minimum absolute atomic E-state index is 0.0699. The Morgan fingerprint density at radius 2 is 1.87 bits per heavy atom. The predicted octanol–water partition coefficient (Wildman–Crippen LogP) is 4.85. The number of carbonyl (C=O) groups excluding carboxylic acids is 2. The van der Waals surface area contributed by atoms with E-state index in [1.165, 1.54) is 31.4 Å². The fourth-order valence-corrected chi connectivity index (χ4v) is 5.80. The highest BCUT2D eigenvalue weighted by atomic mass is 32.2. The molecule has 2 atom stereocenters. The van der Waals surface area contributed by atoms with Gasteiger partial charge in [0.25, 0.3) is 5.91 Å². The van der Waals surface area contributed by atoms with Gasteiger partial charge in [-0.1, -0.05) is 18.8 Å². The lowest BCUT2D eigenvalue weighted by Crippen LogP contribution is -2.52. The van der Waals surface area contributed by atoms with Gasteiger partial charge in [0.05, 0.1) is 41.6 Å². The van der Waals surface area contributed by atoms with Crippen molar-refractivity contribution in [1.82, 2.24) is 19.8 Å². The van der Waals surface area contributed by atoms with Gasteiger partial charge in [0.15, 0.2) is 9.84 Å². The first-order chi connectivity index (χ1) is 21.8. The number of imidazole rings is 1. The van der Waals surface area contributed by atoms with Crippen molar-refractivity contribution in [3.8, 4) is 17.6 Å². The standard InChI is InChI=1S/C32H38F3N5O6S/c1-20-17-39(30(42)46-31(2,3)4)13-11-24(20)38-29(41)23-14-21(15-26-28(23)37-19-40(26)18-32(33,34)35)8-7-12-36-25-10-9-22(47(6,43)44)16-27(25)45-5/h9-10,14-16,19-20,24,36H,11-13,17-18H2,1-6H3,(H,38,41)/t20-,24-/m0/s1. The Labute approximate surface area is 271 Å². The zero-order valence-electron chi connectivity index (χ0n) is 27.0. The number of ether oxygens (including phenoxy) is 2. The third kappa shape index (κ3) is 9.31. The zero-order valence-corrected chi connectivity index (χ0v) is 27.8. The second-order valence-corrected chi connectivity index (χ2v) is 14.5. The van der Waals surface area contributed by atoms with Gasteiger partial charge >= 0.3 is 12.3 Å². The van der Waals surface area contributed by atoms with Crippen LogP contribution in [0, 0.1) is 17.8 Å². The number of halogens is 3. The molecule has 2 aromatic carbocycles. The molecular weight excluding hydrogens is 639 g/mol. The quantitative estimate of drug-likeness (QED) is 0.340. The predicted molar refractivity (Wildman–Crippen MR) is 170 cm³/mol. The smallest absolute Gasteiger partial charge is 0.410 e. The Morgan fingerprint density at radius 3 is 2.49 bits per heavy atom. The summed E-state index contributed by atoms with van der Waals surface area (Å²) >= 11 is 0. The summed E-state index contributed by atoms with van der Waals surface area (Å²) in [6.45, 7) is 6.74. The van der Waals surface area contributed by atoms with Crippen molar-refractivity contribution in [2.45, 2.75) is 63.4 Å². The molecule has 254 valence electrons. The number of aromatic nitrogens is 2. The van der Waals surface area contributed by atoms with Crippen molar-refractivity contribution in [2.75, 3.05) is 38.3 Å². The summed E-state index contributed by atoms with van der Waals surface area (Å²) in [6.07, 6.45) is -2.37. The molecule has 1 aromatic heterocycles. The van der Waals surface area contributed by atoms with Crippen LogP contribution in [-0.2, 0) is 21.1 Å². The van der Waals surface area contributed by atoms with Gasteiger partial charge < -0.3 is 29.6 Å².